The Bertz CT molecular complexity index is 1250. The molecule has 1 aliphatic carbocycles. The molecule has 5 rings (SSSR count). The molecule has 4 heterocycles. The van der Waals surface area contributed by atoms with Crippen molar-refractivity contribution in [2.75, 3.05) is 6.61 Å². The molecule has 0 N–H and O–H groups in total. The van der Waals surface area contributed by atoms with Gasteiger partial charge in [0.15, 0.2) is 0 Å². The van der Waals surface area contributed by atoms with Crippen molar-refractivity contribution < 1.29 is 13.5 Å². The molecule has 0 bridgehead atoms. The van der Waals surface area contributed by atoms with E-state index in [-0.39, 0.29) is 23.5 Å². The molecule has 182 valence electrons. The summed E-state index contributed by atoms with van der Waals surface area (Å²) in [5.74, 6) is 0.234. The predicted octanol–water partition coefficient (Wildman–Crippen LogP) is 4.54. The lowest BCUT2D eigenvalue weighted by Gasteiger charge is -2.31. The van der Waals surface area contributed by atoms with Crippen LogP contribution in [0.3, 0.4) is 0 Å². The summed E-state index contributed by atoms with van der Waals surface area (Å²) in [5.41, 5.74) is 3.24. The van der Waals surface area contributed by atoms with Crippen LogP contribution in [0.5, 0.6) is 0 Å². The molecule has 2 fully saturated rings. The number of pyridine rings is 1. The molecule has 0 amide bonds. The van der Waals surface area contributed by atoms with Crippen molar-refractivity contribution in [2.45, 2.75) is 69.8 Å². The molecule has 34 heavy (non-hydrogen) atoms. The van der Waals surface area contributed by atoms with Crippen LogP contribution in [0.15, 0.2) is 23.3 Å². The first-order valence-corrected chi connectivity index (χ1v) is 12.1. The van der Waals surface area contributed by atoms with Gasteiger partial charge in [0.1, 0.15) is 5.82 Å². The zero-order valence-electron chi connectivity index (χ0n) is 19.9. The van der Waals surface area contributed by atoms with Gasteiger partial charge in [-0.3, -0.25) is 19.0 Å². The average Bonchev–Trinajstić information content (AvgIpc) is 3.29. The van der Waals surface area contributed by atoms with Crippen molar-refractivity contribution in [3.05, 3.63) is 51.6 Å². The first kappa shape index (κ1) is 23.1. The van der Waals surface area contributed by atoms with Crippen LogP contribution in [0.2, 0.25) is 0 Å². The van der Waals surface area contributed by atoms with Crippen molar-refractivity contribution in [1.82, 2.24) is 24.3 Å². The van der Waals surface area contributed by atoms with Crippen LogP contribution in [0.4, 0.5) is 8.78 Å². The Morgan fingerprint density at radius 2 is 1.85 bits per heavy atom. The summed E-state index contributed by atoms with van der Waals surface area (Å²) in [7, 11) is 3.61. The van der Waals surface area contributed by atoms with Crippen LogP contribution in [-0.2, 0) is 18.8 Å². The molecule has 3 aromatic rings. The number of aryl methyl sites for hydroxylation is 2. The number of hydrogen-bond donors (Lipinski definition) is 0. The lowest BCUT2D eigenvalue weighted by Crippen LogP contribution is -2.25. The quantitative estimate of drug-likeness (QED) is 0.558. The van der Waals surface area contributed by atoms with Gasteiger partial charge in [-0.15, -0.1) is 0 Å². The van der Waals surface area contributed by atoms with E-state index in [1.807, 2.05) is 32.4 Å². The van der Waals surface area contributed by atoms with E-state index in [1.165, 1.54) is 0 Å². The lowest BCUT2D eigenvalue weighted by atomic mass is 9.79. The molecule has 3 aromatic heterocycles. The van der Waals surface area contributed by atoms with Gasteiger partial charge in [0, 0.05) is 55.9 Å². The van der Waals surface area contributed by atoms with Crippen molar-refractivity contribution in [2.24, 2.45) is 20.0 Å². The van der Waals surface area contributed by atoms with Gasteiger partial charge in [0.2, 0.25) is 6.43 Å². The number of nitrogens with zero attached hydrogens (tertiary/aromatic N) is 5. The second-order valence-electron chi connectivity index (χ2n) is 9.83. The van der Waals surface area contributed by atoms with Gasteiger partial charge >= 0.3 is 0 Å². The van der Waals surface area contributed by atoms with E-state index in [9.17, 15) is 13.6 Å². The Hall–Kier alpha value is -2.68. The first-order valence-electron chi connectivity index (χ1n) is 12.1. The second-order valence-corrected chi connectivity index (χ2v) is 9.83. The molecule has 1 aliphatic heterocycles. The summed E-state index contributed by atoms with van der Waals surface area (Å²) >= 11 is 0. The van der Waals surface area contributed by atoms with Gasteiger partial charge < -0.3 is 4.74 Å². The van der Waals surface area contributed by atoms with Gasteiger partial charge in [-0.05, 0) is 51.5 Å². The fourth-order valence-electron chi connectivity index (χ4n) is 5.47. The van der Waals surface area contributed by atoms with Gasteiger partial charge in [-0.2, -0.15) is 5.10 Å². The minimum atomic E-state index is -2.28. The van der Waals surface area contributed by atoms with Crippen LogP contribution >= 0.6 is 0 Å². The molecule has 1 saturated heterocycles. The molecule has 0 spiro atoms. The molecule has 1 saturated carbocycles. The van der Waals surface area contributed by atoms with E-state index in [4.69, 9.17) is 14.7 Å². The molecular weight excluding hydrogens is 440 g/mol. The van der Waals surface area contributed by atoms with Crippen molar-refractivity contribution >= 4 is 10.9 Å². The minimum Gasteiger partial charge on any atom is -0.373 e. The smallest absolute Gasteiger partial charge is 0.261 e. The van der Waals surface area contributed by atoms with E-state index in [0.29, 0.717) is 49.0 Å². The number of rotatable bonds is 4. The maximum atomic E-state index is 13.2. The van der Waals surface area contributed by atoms with Crippen molar-refractivity contribution in [3.63, 3.8) is 0 Å². The van der Waals surface area contributed by atoms with E-state index in [2.05, 4.69) is 5.10 Å². The molecule has 7 nitrogen and oxygen atoms in total. The molecule has 2 atom stereocenters. The number of alkyl halides is 2. The summed E-state index contributed by atoms with van der Waals surface area (Å²) in [6, 6.07) is 1.90. The first-order chi connectivity index (χ1) is 16.3. The highest BCUT2D eigenvalue weighted by Crippen LogP contribution is 2.41. The molecule has 9 heteroatoms. The molecule has 2 aliphatic rings. The highest BCUT2D eigenvalue weighted by molar-refractivity contribution is 5.81. The Morgan fingerprint density at radius 1 is 1.09 bits per heavy atom. The van der Waals surface area contributed by atoms with Gasteiger partial charge in [0.05, 0.1) is 28.9 Å². The third kappa shape index (κ3) is 4.26. The summed E-state index contributed by atoms with van der Waals surface area (Å²) in [6.07, 6.45) is 5.23. The number of ether oxygens (including phenoxy) is 1. The van der Waals surface area contributed by atoms with Crippen molar-refractivity contribution in [3.8, 4) is 0 Å². The Kier molecular flexibility index (Phi) is 6.22. The highest BCUT2D eigenvalue weighted by Gasteiger charge is 2.32. The zero-order valence-corrected chi connectivity index (χ0v) is 19.9. The highest BCUT2D eigenvalue weighted by atomic mass is 19.3. The maximum absolute atomic E-state index is 13.2. The normalized spacial score (nSPS) is 25.8. The van der Waals surface area contributed by atoms with Crippen LogP contribution in [0.1, 0.15) is 79.2 Å². The summed E-state index contributed by atoms with van der Waals surface area (Å²) < 4.78 is 35.9. The van der Waals surface area contributed by atoms with Crippen LogP contribution in [-0.4, -0.2) is 37.3 Å². The number of fused-ring (bicyclic) bond motifs is 1. The van der Waals surface area contributed by atoms with E-state index >= 15 is 0 Å². The molecule has 0 radical (unpaired) electrons. The maximum Gasteiger partial charge on any atom is 0.261 e. The van der Waals surface area contributed by atoms with E-state index < -0.39 is 12.3 Å². The number of halogens is 2. The Labute approximate surface area is 197 Å². The summed E-state index contributed by atoms with van der Waals surface area (Å²) in [4.78, 5) is 23.0. The van der Waals surface area contributed by atoms with Gasteiger partial charge in [-0.1, -0.05) is 0 Å². The predicted molar refractivity (Wildman–Crippen MR) is 124 cm³/mol. The van der Waals surface area contributed by atoms with E-state index in [0.717, 1.165) is 29.8 Å². The SMILES string of the molecule is Cc1nc2c(C3CCC(C(F)F)CC3)nc(C3CCOC(c4cnn(C)c4)C3)cc2c(=O)n1C. The fourth-order valence-corrected chi connectivity index (χ4v) is 5.47. The fraction of sp³-hybridized carbons (Fsp3) is 0.600. The van der Waals surface area contributed by atoms with Gasteiger partial charge in [-0.25, -0.2) is 13.8 Å². The number of hydrogen-bond acceptors (Lipinski definition) is 5. The molecule has 2 unspecified atom stereocenters. The monoisotopic (exact) mass is 471 g/mol. The second kappa shape index (κ2) is 9.17. The third-order valence-corrected chi connectivity index (χ3v) is 7.65. The average molecular weight is 472 g/mol. The molecule has 0 aromatic carbocycles. The summed E-state index contributed by atoms with van der Waals surface area (Å²) in [5, 5.41) is 4.83. The van der Waals surface area contributed by atoms with Crippen LogP contribution in [0.25, 0.3) is 10.9 Å². The van der Waals surface area contributed by atoms with Crippen LogP contribution < -0.4 is 5.56 Å². The van der Waals surface area contributed by atoms with Crippen LogP contribution in [0, 0.1) is 12.8 Å². The summed E-state index contributed by atoms with van der Waals surface area (Å²) in [6.45, 7) is 2.41. The number of aromatic nitrogens is 5. The van der Waals surface area contributed by atoms with Crippen molar-refractivity contribution in [1.29, 1.82) is 0 Å². The zero-order chi connectivity index (χ0) is 24.0. The standard InChI is InChI=1S/C25H31F2N5O2/c1-14-29-23-19(25(33)32(14)3)11-20(30-22(23)15-4-6-16(7-5-15)24(26)27)17-8-9-34-21(10-17)18-12-28-31(2)13-18/h11-13,15-17,21,24H,4-10H2,1-3H3. The lowest BCUT2D eigenvalue weighted by molar-refractivity contribution is 0.00458. The topological polar surface area (TPSA) is 74.8 Å². The Balaban J connectivity index is 1.54. The molecular formula is C25H31F2N5O2. The largest absolute Gasteiger partial charge is 0.373 e. The van der Waals surface area contributed by atoms with Gasteiger partial charge in [0.25, 0.3) is 5.56 Å². The third-order valence-electron chi connectivity index (χ3n) is 7.65. The Morgan fingerprint density at radius 3 is 2.53 bits per heavy atom. The van der Waals surface area contributed by atoms with E-state index in [1.54, 1.807) is 16.3 Å². The minimum absolute atomic E-state index is 0.0328.